The second-order valence-corrected chi connectivity index (χ2v) is 4.13. The minimum Gasteiger partial charge on any atom is -0.304 e. The van der Waals surface area contributed by atoms with Gasteiger partial charge in [0.05, 0.1) is 5.70 Å². The fourth-order valence-electron chi connectivity index (χ4n) is 1.27. The Morgan fingerprint density at radius 2 is 1.67 bits per heavy atom. The van der Waals surface area contributed by atoms with E-state index in [0.29, 0.717) is 0 Å². The Labute approximate surface area is 93.0 Å². The maximum absolute atomic E-state index is 4.51. The molecule has 0 fully saturated rings. The summed E-state index contributed by atoms with van der Waals surface area (Å²) in [4.78, 5) is 12.4. The summed E-state index contributed by atoms with van der Waals surface area (Å²) in [6, 6.07) is 0. The summed E-state index contributed by atoms with van der Waals surface area (Å²) < 4.78 is 0. The van der Waals surface area contributed by atoms with Gasteiger partial charge in [0.25, 0.3) is 0 Å². The highest BCUT2D eigenvalue weighted by Gasteiger charge is 1.99. The fraction of sp³-hybridized carbons (Fsp3) is 0.636. The van der Waals surface area contributed by atoms with Gasteiger partial charge in [0.15, 0.2) is 0 Å². The second kappa shape index (κ2) is 7.31. The van der Waals surface area contributed by atoms with Crippen molar-refractivity contribution in [3.05, 3.63) is 11.9 Å². The van der Waals surface area contributed by atoms with Crippen molar-refractivity contribution >= 4 is 12.4 Å². The van der Waals surface area contributed by atoms with Gasteiger partial charge in [-0.25, -0.2) is 0 Å². The van der Waals surface area contributed by atoms with Gasteiger partial charge in [-0.05, 0) is 41.8 Å². The van der Waals surface area contributed by atoms with Gasteiger partial charge in [0.1, 0.15) is 0 Å². The van der Waals surface area contributed by atoms with Gasteiger partial charge < -0.3 is 9.80 Å². The minimum absolute atomic E-state index is 0.782. The van der Waals surface area contributed by atoms with E-state index in [2.05, 4.69) is 26.5 Å². The largest absolute Gasteiger partial charge is 0.304 e. The Bertz CT molecular complexity index is 251. The van der Waals surface area contributed by atoms with Gasteiger partial charge >= 0.3 is 0 Å². The normalized spacial score (nSPS) is 13.8. The molecule has 0 aromatic carbocycles. The molecule has 0 rings (SSSR count). The summed E-state index contributed by atoms with van der Waals surface area (Å²) in [5.74, 6) is 0. The van der Waals surface area contributed by atoms with E-state index in [0.717, 1.165) is 24.5 Å². The quantitative estimate of drug-likeness (QED) is 0.615. The van der Waals surface area contributed by atoms with E-state index in [-0.39, 0.29) is 0 Å². The molecule has 0 N–H and O–H groups in total. The Morgan fingerprint density at radius 3 is 2.07 bits per heavy atom. The third-order valence-corrected chi connectivity index (χ3v) is 1.60. The van der Waals surface area contributed by atoms with Crippen LogP contribution in [0.5, 0.6) is 0 Å². The molecular weight excluding hydrogens is 188 g/mol. The molecule has 0 bridgehead atoms. The first-order valence-corrected chi connectivity index (χ1v) is 4.94. The molecule has 0 aliphatic heterocycles. The van der Waals surface area contributed by atoms with Crippen LogP contribution in [-0.4, -0.2) is 63.5 Å². The molecular formula is C11H22N4. The van der Waals surface area contributed by atoms with Gasteiger partial charge in [-0.3, -0.25) is 9.98 Å². The number of rotatable bonds is 6. The van der Waals surface area contributed by atoms with Gasteiger partial charge in [-0.1, -0.05) is 0 Å². The highest BCUT2D eigenvalue weighted by Crippen LogP contribution is 2.00. The van der Waals surface area contributed by atoms with Crippen LogP contribution in [0.2, 0.25) is 0 Å². The Morgan fingerprint density at radius 1 is 1.13 bits per heavy atom. The lowest BCUT2D eigenvalue weighted by atomic mass is 10.3. The van der Waals surface area contributed by atoms with Crippen molar-refractivity contribution in [3.63, 3.8) is 0 Å². The molecule has 0 aromatic heterocycles. The predicted octanol–water partition coefficient (Wildman–Crippen LogP) is 1.11. The summed E-state index contributed by atoms with van der Waals surface area (Å²) in [5.41, 5.74) is 2.02. The van der Waals surface area contributed by atoms with E-state index in [1.165, 1.54) is 0 Å². The first-order chi connectivity index (χ1) is 6.95. The van der Waals surface area contributed by atoms with Crippen molar-refractivity contribution in [2.45, 2.75) is 6.92 Å². The Balaban J connectivity index is 4.51. The summed E-state index contributed by atoms with van der Waals surface area (Å²) in [5, 5.41) is 0. The average molecular weight is 210 g/mol. The number of hydrogen-bond donors (Lipinski definition) is 0. The zero-order valence-corrected chi connectivity index (χ0v) is 10.5. The van der Waals surface area contributed by atoms with Crippen molar-refractivity contribution < 1.29 is 0 Å². The molecule has 0 heterocycles. The SMILES string of the molecule is C=N/C=C(CN(C)C)\N=C(/C)CN(C)C. The van der Waals surface area contributed by atoms with Crippen LogP contribution in [0.25, 0.3) is 0 Å². The standard InChI is InChI=1S/C11H22N4/c1-10(8-14(3)4)13-11(7-12-2)9-15(5)6/h7H,2,8-9H2,1,3-6H3/b11-7-,13-10+. The van der Waals surface area contributed by atoms with Gasteiger partial charge in [0, 0.05) is 25.0 Å². The van der Waals surface area contributed by atoms with E-state index >= 15 is 0 Å². The number of nitrogens with zero attached hydrogens (tertiary/aromatic N) is 4. The monoisotopic (exact) mass is 210 g/mol. The lowest BCUT2D eigenvalue weighted by Crippen LogP contribution is -2.21. The maximum Gasteiger partial charge on any atom is 0.0725 e. The van der Waals surface area contributed by atoms with Crippen LogP contribution < -0.4 is 0 Å². The van der Waals surface area contributed by atoms with Crippen molar-refractivity contribution in [1.82, 2.24) is 9.80 Å². The van der Waals surface area contributed by atoms with Crippen molar-refractivity contribution in [2.24, 2.45) is 9.98 Å². The lowest BCUT2D eigenvalue weighted by molar-refractivity contribution is 0.442. The molecule has 0 atom stereocenters. The van der Waals surface area contributed by atoms with Crippen LogP contribution in [0, 0.1) is 0 Å². The molecule has 0 unspecified atom stereocenters. The fourth-order valence-corrected chi connectivity index (χ4v) is 1.27. The van der Waals surface area contributed by atoms with Crippen LogP contribution in [0.15, 0.2) is 21.9 Å². The van der Waals surface area contributed by atoms with E-state index in [1.807, 2.05) is 35.1 Å². The van der Waals surface area contributed by atoms with E-state index in [9.17, 15) is 0 Å². The van der Waals surface area contributed by atoms with Crippen LogP contribution in [0.3, 0.4) is 0 Å². The first kappa shape index (κ1) is 14.0. The molecule has 4 nitrogen and oxygen atoms in total. The summed E-state index contributed by atoms with van der Waals surface area (Å²) >= 11 is 0. The molecule has 0 saturated heterocycles. The predicted molar refractivity (Wildman–Crippen MR) is 67.8 cm³/mol. The highest BCUT2D eigenvalue weighted by molar-refractivity contribution is 5.84. The van der Waals surface area contributed by atoms with Crippen LogP contribution in [-0.2, 0) is 0 Å². The molecule has 15 heavy (non-hydrogen) atoms. The molecule has 0 saturated carbocycles. The lowest BCUT2D eigenvalue weighted by Gasteiger charge is -2.12. The molecule has 0 amide bonds. The van der Waals surface area contributed by atoms with Crippen molar-refractivity contribution in [1.29, 1.82) is 0 Å². The van der Waals surface area contributed by atoms with Crippen LogP contribution >= 0.6 is 0 Å². The zero-order valence-electron chi connectivity index (χ0n) is 10.5. The number of hydrogen-bond acceptors (Lipinski definition) is 4. The third kappa shape index (κ3) is 8.03. The molecule has 0 radical (unpaired) electrons. The second-order valence-electron chi connectivity index (χ2n) is 4.13. The summed E-state index contributed by atoms with van der Waals surface area (Å²) in [6.45, 7) is 7.12. The van der Waals surface area contributed by atoms with Gasteiger partial charge in [-0.15, -0.1) is 0 Å². The van der Waals surface area contributed by atoms with E-state index in [4.69, 9.17) is 0 Å². The Kier molecular flexibility index (Phi) is 6.83. The van der Waals surface area contributed by atoms with Crippen LogP contribution in [0.4, 0.5) is 0 Å². The molecule has 0 aliphatic carbocycles. The van der Waals surface area contributed by atoms with Crippen LogP contribution in [0.1, 0.15) is 6.92 Å². The smallest absolute Gasteiger partial charge is 0.0725 e. The van der Waals surface area contributed by atoms with E-state index in [1.54, 1.807) is 6.20 Å². The third-order valence-electron chi connectivity index (χ3n) is 1.60. The van der Waals surface area contributed by atoms with Crippen molar-refractivity contribution in [2.75, 3.05) is 41.3 Å². The zero-order chi connectivity index (χ0) is 11.8. The number of likely N-dealkylation sites (N-methyl/N-ethyl adjacent to an activating group) is 1. The molecule has 0 spiro atoms. The minimum atomic E-state index is 0.782. The first-order valence-electron chi connectivity index (χ1n) is 4.94. The highest BCUT2D eigenvalue weighted by atomic mass is 15.1. The summed E-state index contributed by atoms with van der Waals surface area (Å²) in [6.07, 6.45) is 1.71. The average Bonchev–Trinajstić information content (AvgIpc) is 2.00. The Hall–Kier alpha value is -1.00. The summed E-state index contributed by atoms with van der Waals surface area (Å²) in [7, 11) is 8.07. The molecule has 86 valence electrons. The molecule has 0 aliphatic rings. The van der Waals surface area contributed by atoms with Gasteiger partial charge in [-0.2, -0.15) is 0 Å². The maximum atomic E-state index is 4.51. The van der Waals surface area contributed by atoms with Crippen molar-refractivity contribution in [3.8, 4) is 0 Å². The molecule has 0 aromatic rings. The van der Waals surface area contributed by atoms with Gasteiger partial charge in [0.2, 0.25) is 0 Å². The number of aliphatic imine (C=N–C) groups is 2. The topological polar surface area (TPSA) is 31.2 Å². The molecule has 4 heteroatoms. The van der Waals surface area contributed by atoms with E-state index < -0.39 is 0 Å².